The topological polar surface area (TPSA) is 60.9 Å². The van der Waals surface area contributed by atoms with Crippen molar-refractivity contribution in [2.45, 2.75) is 58.8 Å². The van der Waals surface area contributed by atoms with Crippen LogP contribution >= 0.6 is 0 Å². The Hall–Kier alpha value is -0.660. The zero-order chi connectivity index (χ0) is 17.6. The van der Waals surface area contributed by atoms with Gasteiger partial charge in [-0.1, -0.05) is 33.1 Å². The first kappa shape index (κ1) is 19.7. The molecule has 7 heteroatoms. The lowest BCUT2D eigenvalue weighted by Crippen LogP contribution is -2.55. The fraction of sp³-hybridized carbons (Fsp3) is 0.941. The molecule has 0 atom stereocenters. The molecule has 0 spiro atoms. The van der Waals surface area contributed by atoms with Crippen LogP contribution in [-0.4, -0.2) is 67.1 Å². The molecular formula is C17H33N3O3S. The van der Waals surface area contributed by atoms with Crippen molar-refractivity contribution in [2.75, 3.05) is 39.3 Å². The van der Waals surface area contributed by atoms with Crippen LogP contribution in [0.25, 0.3) is 0 Å². The monoisotopic (exact) mass is 359 g/mol. The van der Waals surface area contributed by atoms with Crippen LogP contribution in [0.2, 0.25) is 0 Å². The van der Waals surface area contributed by atoms with E-state index in [9.17, 15) is 13.2 Å². The van der Waals surface area contributed by atoms with Crippen LogP contribution in [0.4, 0.5) is 0 Å². The molecule has 0 aromatic carbocycles. The van der Waals surface area contributed by atoms with Gasteiger partial charge in [0.25, 0.3) is 10.2 Å². The molecule has 2 fully saturated rings. The van der Waals surface area contributed by atoms with Crippen LogP contribution in [-0.2, 0) is 15.0 Å². The molecular weight excluding hydrogens is 326 g/mol. The van der Waals surface area contributed by atoms with Gasteiger partial charge in [0, 0.05) is 45.2 Å². The highest BCUT2D eigenvalue weighted by molar-refractivity contribution is 7.86. The van der Waals surface area contributed by atoms with Crippen molar-refractivity contribution in [2.24, 2.45) is 5.92 Å². The zero-order valence-electron chi connectivity index (χ0n) is 15.2. The third-order valence-electron chi connectivity index (χ3n) is 5.10. The van der Waals surface area contributed by atoms with E-state index in [4.69, 9.17) is 0 Å². The first-order chi connectivity index (χ1) is 11.5. The number of nitrogens with zero attached hydrogens (tertiary/aromatic N) is 3. The normalized spacial score (nSPS) is 21.4. The predicted molar refractivity (Wildman–Crippen MR) is 95.8 cm³/mol. The molecule has 0 N–H and O–H groups in total. The standard InChI is InChI=1S/C17H33N3O3S/c1-3-10-19(11-4-2)24(22,23)20-14-12-18(13-15-20)17(21)16-8-6-5-7-9-16/h16H,3-15H2,1-2H3. The van der Waals surface area contributed by atoms with Gasteiger partial charge in [0.05, 0.1) is 0 Å². The molecule has 0 aromatic heterocycles. The van der Waals surface area contributed by atoms with Crippen molar-refractivity contribution in [3.05, 3.63) is 0 Å². The molecule has 1 heterocycles. The molecule has 140 valence electrons. The Morgan fingerprint density at radius 1 is 0.958 bits per heavy atom. The number of rotatable bonds is 7. The molecule has 6 nitrogen and oxygen atoms in total. The van der Waals surface area contributed by atoms with Crippen molar-refractivity contribution in [3.8, 4) is 0 Å². The van der Waals surface area contributed by atoms with Gasteiger partial charge in [-0.2, -0.15) is 17.0 Å². The Kier molecular flexibility index (Phi) is 7.50. The van der Waals surface area contributed by atoms with Crippen LogP contribution < -0.4 is 0 Å². The zero-order valence-corrected chi connectivity index (χ0v) is 16.1. The van der Waals surface area contributed by atoms with Crippen molar-refractivity contribution in [3.63, 3.8) is 0 Å². The maximum Gasteiger partial charge on any atom is 0.282 e. The predicted octanol–water partition coefficient (Wildman–Crippen LogP) is 2.08. The van der Waals surface area contributed by atoms with Gasteiger partial charge < -0.3 is 4.90 Å². The average molecular weight is 360 g/mol. The number of amides is 1. The third kappa shape index (κ3) is 4.70. The summed E-state index contributed by atoms with van der Waals surface area (Å²) in [5, 5.41) is 0. The Morgan fingerprint density at radius 2 is 1.50 bits per heavy atom. The molecule has 1 aliphatic heterocycles. The number of hydrogen-bond donors (Lipinski definition) is 0. The van der Waals surface area contributed by atoms with Crippen LogP contribution in [0.5, 0.6) is 0 Å². The molecule has 0 aromatic rings. The largest absolute Gasteiger partial charge is 0.340 e. The van der Waals surface area contributed by atoms with Gasteiger partial charge in [0.2, 0.25) is 5.91 Å². The van der Waals surface area contributed by atoms with Crippen molar-refractivity contribution >= 4 is 16.1 Å². The first-order valence-electron chi connectivity index (χ1n) is 9.54. The van der Waals surface area contributed by atoms with Crippen LogP contribution in [0.3, 0.4) is 0 Å². The first-order valence-corrected chi connectivity index (χ1v) is 10.9. The van der Waals surface area contributed by atoms with Crippen molar-refractivity contribution in [1.82, 2.24) is 13.5 Å². The summed E-state index contributed by atoms with van der Waals surface area (Å²) in [6.07, 6.45) is 7.16. The molecule has 1 saturated carbocycles. The molecule has 1 amide bonds. The lowest BCUT2D eigenvalue weighted by Gasteiger charge is -2.38. The van der Waals surface area contributed by atoms with E-state index in [1.54, 1.807) is 8.61 Å². The summed E-state index contributed by atoms with van der Waals surface area (Å²) in [5.41, 5.74) is 0. The molecule has 0 bridgehead atoms. The second-order valence-corrected chi connectivity index (χ2v) is 8.89. The van der Waals surface area contributed by atoms with Crippen LogP contribution in [0.1, 0.15) is 58.8 Å². The highest BCUT2D eigenvalue weighted by atomic mass is 32.2. The Labute approximate surface area is 147 Å². The fourth-order valence-corrected chi connectivity index (χ4v) is 5.53. The van der Waals surface area contributed by atoms with E-state index in [0.29, 0.717) is 39.3 Å². The van der Waals surface area contributed by atoms with Gasteiger partial charge in [-0.3, -0.25) is 4.79 Å². The van der Waals surface area contributed by atoms with Crippen molar-refractivity contribution in [1.29, 1.82) is 0 Å². The summed E-state index contributed by atoms with van der Waals surface area (Å²) in [6, 6.07) is 0. The minimum atomic E-state index is -3.39. The number of carbonyl (C=O) groups excluding carboxylic acids is 1. The molecule has 2 aliphatic rings. The number of piperazine rings is 1. The highest BCUT2D eigenvalue weighted by Gasteiger charge is 2.34. The van der Waals surface area contributed by atoms with E-state index < -0.39 is 10.2 Å². The SMILES string of the molecule is CCCN(CCC)S(=O)(=O)N1CCN(C(=O)C2CCCCC2)CC1. The molecule has 1 saturated heterocycles. The Bertz CT molecular complexity index is 489. The average Bonchev–Trinajstić information content (AvgIpc) is 2.62. The molecule has 1 aliphatic carbocycles. The van der Waals surface area contributed by atoms with E-state index in [2.05, 4.69) is 0 Å². The summed E-state index contributed by atoms with van der Waals surface area (Å²) >= 11 is 0. The smallest absolute Gasteiger partial charge is 0.282 e. The molecule has 2 rings (SSSR count). The number of hydrogen-bond acceptors (Lipinski definition) is 3. The van der Waals surface area contributed by atoms with Crippen molar-refractivity contribution < 1.29 is 13.2 Å². The van der Waals surface area contributed by atoms with E-state index in [-0.39, 0.29) is 11.8 Å². The lowest BCUT2D eigenvalue weighted by molar-refractivity contribution is -0.137. The van der Waals surface area contributed by atoms with E-state index in [0.717, 1.165) is 38.5 Å². The quantitative estimate of drug-likeness (QED) is 0.699. The molecule has 24 heavy (non-hydrogen) atoms. The van der Waals surface area contributed by atoms with E-state index in [1.807, 2.05) is 18.7 Å². The lowest BCUT2D eigenvalue weighted by atomic mass is 9.88. The second-order valence-electron chi connectivity index (χ2n) is 6.97. The highest BCUT2D eigenvalue weighted by Crippen LogP contribution is 2.26. The van der Waals surface area contributed by atoms with Gasteiger partial charge in [-0.25, -0.2) is 0 Å². The van der Waals surface area contributed by atoms with Gasteiger partial charge in [0.1, 0.15) is 0 Å². The fourth-order valence-electron chi connectivity index (χ4n) is 3.75. The summed E-state index contributed by atoms with van der Waals surface area (Å²) < 4.78 is 28.7. The van der Waals surface area contributed by atoms with E-state index in [1.165, 1.54) is 6.42 Å². The van der Waals surface area contributed by atoms with E-state index >= 15 is 0 Å². The third-order valence-corrected chi connectivity index (χ3v) is 7.14. The summed E-state index contributed by atoms with van der Waals surface area (Å²) in [6.45, 7) is 7.03. The van der Waals surface area contributed by atoms with Crippen LogP contribution in [0, 0.1) is 5.92 Å². The van der Waals surface area contributed by atoms with Crippen LogP contribution in [0.15, 0.2) is 0 Å². The minimum Gasteiger partial charge on any atom is -0.340 e. The van der Waals surface area contributed by atoms with Gasteiger partial charge in [-0.05, 0) is 25.7 Å². The Balaban J connectivity index is 1.92. The number of carbonyl (C=O) groups is 1. The Morgan fingerprint density at radius 3 is 2.00 bits per heavy atom. The van der Waals surface area contributed by atoms with Gasteiger partial charge >= 0.3 is 0 Å². The summed E-state index contributed by atoms with van der Waals surface area (Å²) in [5.74, 6) is 0.407. The molecule has 0 radical (unpaired) electrons. The maximum absolute atomic E-state index is 12.8. The van der Waals surface area contributed by atoms with Gasteiger partial charge in [0.15, 0.2) is 0 Å². The summed E-state index contributed by atoms with van der Waals surface area (Å²) in [4.78, 5) is 14.5. The molecule has 0 unspecified atom stereocenters. The minimum absolute atomic E-state index is 0.165. The summed E-state index contributed by atoms with van der Waals surface area (Å²) in [7, 11) is -3.39. The second kappa shape index (κ2) is 9.15. The van der Waals surface area contributed by atoms with Gasteiger partial charge in [-0.15, -0.1) is 0 Å². The maximum atomic E-state index is 12.8.